The largest absolute Gasteiger partial charge is 0.490 e. The number of Topliss-reactive ketones (excluding diaryl/α,β-unsaturated/α-hetero) is 1. The van der Waals surface area contributed by atoms with Gasteiger partial charge in [-0.25, -0.2) is 18.4 Å². The van der Waals surface area contributed by atoms with Crippen molar-refractivity contribution in [2.45, 2.75) is 70.9 Å². The van der Waals surface area contributed by atoms with Gasteiger partial charge in [-0.1, -0.05) is 12.1 Å². The summed E-state index contributed by atoms with van der Waals surface area (Å²) >= 11 is 0. The van der Waals surface area contributed by atoms with Crippen molar-refractivity contribution in [1.29, 1.82) is 0 Å². The van der Waals surface area contributed by atoms with Crippen LogP contribution in [0.15, 0.2) is 54.4 Å². The molecule has 0 amide bonds. The topological polar surface area (TPSA) is 116 Å². The Balaban J connectivity index is 1.11. The van der Waals surface area contributed by atoms with Crippen LogP contribution in [0, 0.1) is 18.6 Å². The molecule has 1 radical (unpaired) electrons. The van der Waals surface area contributed by atoms with Crippen LogP contribution in [-0.4, -0.2) is 82.2 Å². The maximum absolute atomic E-state index is 14.1. The number of likely N-dealkylation sites (tertiary alicyclic amines) is 1. The molecule has 3 aliphatic rings. The van der Waals surface area contributed by atoms with Crippen molar-refractivity contribution < 1.29 is 27.8 Å². The Bertz CT molecular complexity index is 2000. The van der Waals surface area contributed by atoms with Gasteiger partial charge in [0.2, 0.25) is 11.6 Å². The number of nitrogens with two attached hydrogens (primary N) is 1. The summed E-state index contributed by atoms with van der Waals surface area (Å²) in [7, 11) is 1.62. The summed E-state index contributed by atoms with van der Waals surface area (Å²) in [5.41, 5.74) is 11.7. The van der Waals surface area contributed by atoms with Crippen molar-refractivity contribution in [2.75, 3.05) is 31.9 Å². The zero-order valence-corrected chi connectivity index (χ0v) is 29.6. The van der Waals surface area contributed by atoms with Gasteiger partial charge < -0.3 is 29.7 Å². The number of halogens is 2. The van der Waals surface area contributed by atoms with E-state index in [-0.39, 0.29) is 35.1 Å². The Morgan fingerprint density at radius 1 is 1.04 bits per heavy atom. The van der Waals surface area contributed by atoms with E-state index in [0.29, 0.717) is 29.3 Å². The first-order valence-corrected chi connectivity index (χ1v) is 17.9. The lowest BCUT2D eigenvalue weighted by atomic mass is 9.83. The number of rotatable bonds is 11. The van der Waals surface area contributed by atoms with Gasteiger partial charge in [-0.15, -0.1) is 0 Å². The van der Waals surface area contributed by atoms with Gasteiger partial charge in [0.15, 0.2) is 17.4 Å². The van der Waals surface area contributed by atoms with Crippen LogP contribution in [0.1, 0.15) is 78.1 Å². The molecule has 0 atom stereocenters. The molecule has 0 spiro atoms. The van der Waals surface area contributed by atoms with Crippen molar-refractivity contribution in [3.63, 3.8) is 0 Å². The molecule has 7 rings (SSSR count). The Kier molecular flexibility index (Phi) is 10.2. The summed E-state index contributed by atoms with van der Waals surface area (Å²) in [4.78, 5) is 33.8. The average molecular weight is 708 g/mol. The molecule has 13 heteroatoms. The molecule has 4 aromatic rings. The summed E-state index contributed by atoms with van der Waals surface area (Å²) in [6.07, 6.45) is 9.95. The third kappa shape index (κ3) is 7.24. The van der Waals surface area contributed by atoms with Gasteiger partial charge in [0.05, 0.1) is 29.8 Å². The van der Waals surface area contributed by atoms with Crippen LogP contribution in [0.5, 0.6) is 17.4 Å². The lowest BCUT2D eigenvalue weighted by Crippen LogP contribution is -2.42. The molecule has 2 aliphatic heterocycles. The highest BCUT2D eigenvalue weighted by molar-refractivity contribution is 6.64. The van der Waals surface area contributed by atoms with E-state index in [0.717, 1.165) is 87.1 Å². The van der Waals surface area contributed by atoms with E-state index in [1.54, 1.807) is 14.3 Å². The minimum absolute atomic E-state index is 0.00487. The highest BCUT2D eigenvalue weighted by Crippen LogP contribution is 2.41. The Hall–Kier alpha value is -4.88. The number of ketones is 1. The number of carbonyl (C=O) groups excluding carboxylic acids is 2. The number of aromatic nitrogens is 3. The predicted octanol–water partition coefficient (Wildman–Crippen LogP) is 6.29. The van der Waals surface area contributed by atoms with Crippen molar-refractivity contribution in [3.8, 4) is 23.1 Å². The van der Waals surface area contributed by atoms with E-state index in [1.807, 2.05) is 6.08 Å². The molecule has 10 nitrogen and oxygen atoms in total. The first-order valence-electron chi connectivity index (χ1n) is 17.9. The second-order valence-electron chi connectivity index (χ2n) is 14.1. The van der Waals surface area contributed by atoms with E-state index >= 15 is 0 Å². The zero-order chi connectivity index (χ0) is 36.5. The van der Waals surface area contributed by atoms with Crippen LogP contribution in [0.2, 0.25) is 0 Å². The summed E-state index contributed by atoms with van der Waals surface area (Å²) in [6.45, 7) is 9.80. The zero-order valence-electron chi connectivity index (χ0n) is 29.6. The molecule has 0 bridgehead atoms. The van der Waals surface area contributed by atoms with E-state index in [2.05, 4.69) is 45.8 Å². The number of para-hydroxylation sites is 1. The van der Waals surface area contributed by atoms with Crippen LogP contribution in [-0.2, 0) is 11.2 Å². The van der Waals surface area contributed by atoms with Crippen molar-refractivity contribution in [3.05, 3.63) is 93.8 Å². The minimum Gasteiger partial charge on any atom is -0.490 e. The van der Waals surface area contributed by atoms with Crippen LogP contribution >= 0.6 is 0 Å². The summed E-state index contributed by atoms with van der Waals surface area (Å²) in [5, 5.41) is 4.41. The second-order valence-corrected chi connectivity index (χ2v) is 14.1. The molecule has 52 heavy (non-hydrogen) atoms. The molecule has 2 fully saturated rings. The van der Waals surface area contributed by atoms with Gasteiger partial charge in [-0.3, -0.25) is 4.79 Å². The van der Waals surface area contributed by atoms with Gasteiger partial charge in [0.25, 0.3) is 7.41 Å². The number of hydrogen-bond donors (Lipinski definition) is 1. The van der Waals surface area contributed by atoms with Crippen molar-refractivity contribution >= 4 is 31.3 Å². The third-order valence-corrected chi connectivity index (χ3v) is 10.5. The number of aryl methyl sites for hydroxylation is 1. The minimum atomic E-state index is -0.844. The number of nitrogen functional groups attached to an aromatic ring is 1. The number of allylic oxidation sites excluding steroid dienone is 1. The fourth-order valence-corrected chi connectivity index (χ4v) is 7.48. The predicted molar refractivity (Wildman–Crippen MR) is 196 cm³/mol. The normalized spacial score (nSPS) is 17.2. The number of carbonyl (C=O) groups is 2. The molecule has 2 saturated heterocycles. The van der Waals surface area contributed by atoms with Crippen LogP contribution in [0.25, 0.3) is 11.8 Å². The highest BCUT2D eigenvalue weighted by Gasteiger charge is 2.30. The Morgan fingerprint density at radius 3 is 2.44 bits per heavy atom. The molecule has 0 saturated carbocycles. The quantitative estimate of drug-likeness (QED) is 0.109. The van der Waals surface area contributed by atoms with Gasteiger partial charge in [-0.05, 0) is 112 Å². The maximum atomic E-state index is 14.1. The lowest BCUT2D eigenvalue weighted by Gasteiger charge is -2.36. The van der Waals surface area contributed by atoms with Gasteiger partial charge in [-0.2, -0.15) is 5.10 Å². The number of ether oxygens (including phenoxy) is 2. The second kappa shape index (κ2) is 15.0. The number of fused-ring (bicyclic) bond motifs is 1. The van der Waals surface area contributed by atoms with Crippen molar-refractivity contribution in [1.82, 2.24) is 24.5 Å². The lowest BCUT2D eigenvalue weighted by molar-refractivity contribution is 0.0831. The van der Waals surface area contributed by atoms with E-state index < -0.39 is 17.4 Å². The molecule has 2 N–H and O–H groups in total. The first-order chi connectivity index (χ1) is 25.1. The monoisotopic (exact) mass is 707 g/mol. The smallest absolute Gasteiger partial charge is 0.293 e. The molecule has 1 aliphatic carbocycles. The number of piperidine rings is 2. The Morgan fingerprint density at radius 2 is 1.77 bits per heavy atom. The standard InChI is InChI=1S/C39H42BF2N6O4/c1-23(2)46-11-9-29(10-12-46)51-35-19-27-17-28(16-26(27)18-30(35)25-7-13-47(14-8-25)40-22-49)37(50)31-20-45-48(39(31)43)34-21-44-36(15-24(34)3)52-38-32(41)5-4-6-33(38)42/h4-6,15,17-23,25,29H,7-14,16,43H2,1-3H3. The fourth-order valence-electron chi connectivity index (χ4n) is 7.48. The molecular weight excluding hydrogens is 665 g/mol. The average Bonchev–Trinajstić information content (AvgIpc) is 3.73. The molecule has 2 aromatic heterocycles. The van der Waals surface area contributed by atoms with Crippen LogP contribution in [0.3, 0.4) is 0 Å². The molecule has 2 aromatic carbocycles. The summed E-state index contributed by atoms with van der Waals surface area (Å²) < 4.78 is 41.9. The SMILES string of the molecule is Cc1cc(Oc2c(F)cccc2F)ncc1-n1ncc(C(=O)C2=Cc3cc(OC4CCN(C(C)C)CC4)c(C4CCN([B]C=O)CC4)cc3C2)c1N. The number of hydrogen-bond acceptors (Lipinski definition) is 9. The van der Waals surface area contributed by atoms with Gasteiger partial charge in [0.1, 0.15) is 17.7 Å². The number of nitrogens with zero attached hydrogens (tertiary/aromatic N) is 5. The molecule has 269 valence electrons. The van der Waals surface area contributed by atoms with E-state index in [1.165, 1.54) is 34.8 Å². The van der Waals surface area contributed by atoms with Gasteiger partial charge in [0, 0.05) is 37.2 Å². The molecule has 4 heterocycles. The first kappa shape index (κ1) is 35.5. The number of benzene rings is 2. The number of pyridine rings is 1. The van der Waals surface area contributed by atoms with Crippen LogP contribution in [0.4, 0.5) is 14.6 Å². The number of anilines is 1. The summed E-state index contributed by atoms with van der Waals surface area (Å²) in [6, 6.07) is 9.80. The Labute approximate surface area is 302 Å². The molecule has 0 unspecified atom stereocenters. The molecular formula is C39H42BF2N6O4. The van der Waals surface area contributed by atoms with Gasteiger partial charge >= 0.3 is 0 Å². The van der Waals surface area contributed by atoms with E-state index in [4.69, 9.17) is 15.2 Å². The summed E-state index contributed by atoms with van der Waals surface area (Å²) in [5.74, 6) is -1.15. The van der Waals surface area contributed by atoms with E-state index in [9.17, 15) is 18.4 Å². The maximum Gasteiger partial charge on any atom is 0.293 e. The highest BCUT2D eigenvalue weighted by atomic mass is 19.1. The fraction of sp³-hybridized carbons (Fsp3) is 0.385. The van der Waals surface area contributed by atoms with Crippen LogP contribution < -0.4 is 15.2 Å². The van der Waals surface area contributed by atoms with Crippen molar-refractivity contribution in [2.24, 2.45) is 0 Å². The third-order valence-electron chi connectivity index (χ3n) is 10.5.